The second-order valence-corrected chi connectivity index (χ2v) is 8.29. The van der Waals surface area contributed by atoms with Crippen LogP contribution < -0.4 is 5.73 Å². The zero-order valence-corrected chi connectivity index (χ0v) is 15.1. The van der Waals surface area contributed by atoms with E-state index in [2.05, 4.69) is 27.0 Å². The molecule has 2 aromatic rings. The molecule has 3 unspecified atom stereocenters. The van der Waals surface area contributed by atoms with Gasteiger partial charge in [-0.05, 0) is 42.9 Å². The molecule has 4 rings (SSSR count). The number of aromatic amines is 1. The van der Waals surface area contributed by atoms with Crippen LogP contribution in [0.3, 0.4) is 0 Å². The predicted molar refractivity (Wildman–Crippen MR) is 94.6 cm³/mol. The summed E-state index contributed by atoms with van der Waals surface area (Å²) in [6, 6.07) is -0.284. The van der Waals surface area contributed by atoms with Gasteiger partial charge in [0, 0.05) is 24.7 Å². The summed E-state index contributed by atoms with van der Waals surface area (Å²) in [5.74, 6) is 3.15. The summed E-state index contributed by atoms with van der Waals surface area (Å²) in [4.78, 5) is 11.7. The van der Waals surface area contributed by atoms with Crippen LogP contribution in [0.25, 0.3) is 0 Å². The Balaban J connectivity index is 1.45. The van der Waals surface area contributed by atoms with Crippen molar-refractivity contribution >= 4 is 0 Å². The van der Waals surface area contributed by atoms with E-state index in [4.69, 9.17) is 10.3 Å². The van der Waals surface area contributed by atoms with E-state index >= 15 is 0 Å². The molecule has 2 aliphatic carbocycles. The van der Waals surface area contributed by atoms with Gasteiger partial charge in [0.1, 0.15) is 0 Å². The quantitative estimate of drug-likeness (QED) is 0.836. The molecule has 2 bridgehead atoms. The SMILES string of the molecule is CCC1CC2CCCC(Cc3noc([C@@H](N)Cc4cnc[nH]4)n3)(C1)C2. The lowest BCUT2D eigenvalue weighted by atomic mass is 9.57. The number of hydrogen-bond donors (Lipinski definition) is 2. The van der Waals surface area contributed by atoms with Crippen LogP contribution in [-0.4, -0.2) is 20.1 Å². The van der Waals surface area contributed by atoms with Gasteiger partial charge in [-0.15, -0.1) is 0 Å². The Kier molecular flexibility index (Phi) is 4.63. The molecule has 3 N–H and O–H groups in total. The van der Waals surface area contributed by atoms with Gasteiger partial charge in [0.05, 0.1) is 12.4 Å². The van der Waals surface area contributed by atoms with Crippen LogP contribution in [0.4, 0.5) is 0 Å². The predicted octanol–water partition coefficient (Wildman–Crippen LogP) is 3.57. The molecule has 4 atom stereocenters. The zero-order valence-electron chi connectivity index (χ0n) is 15.1. The largest absolute Gasteiger partial charge is 0.348 e. The van der Waals surface area contributed by atoms with Crippen molar-refractivity contribution in [2.24, 2.45) is 23.0 Å². The first-order valence-electron chi connectivity index (χ1n) is 9.71. The van der Waals surface area contributed by atoms with Gasteiger partial charge in [-0.3, -0.25) is 0 Å². The van der Waals surface area contributed by atoms with E-state index < -0.39 is 0 Å². The van der Waals surface area contributed by atoms with Crippen LogP contribution in [0.1, 0.15) is 75.3 Å². The molecule has 0 radical (unpaired) electrons. The molecule has 0 spiro atoms. The Morgan fingerprint density at radius 1 is 1.44 bits per heavy atom. The topological polar surface area (TPSA) is 93.6 Å². The number of hydrogen-bond acceptors (Lipinski definition) is 5. The number of rotatable bonds is 6. The number of nitrogens with two attached hydrogens (primary N) is 1. The number of fused-ring (bicyclic) bond motifs is 2. The third-order valence-corrected chi connectivity index (χ3v) is 6.34. The number of aromatic nitrogens is 4. The molecule has 6 nitrogen and oxygen atoms in total. The first kappa shape index (κ1) is 16.8. The van der Waals surface area contributed by atoms with Crippen LogP contribution >= 0.6 is 0 Å². The molecule has 0 aromatic carbocycles. The lowest BCUT2D eigenvalue weighted by molar-refractivity contribution is 0.0363. The Morgan fingerprint density at radius 3 is 3.16 bits per heavy atom. The Labute approximate surface area is 149 Å². The molecule has 2 saturated carbocycles. The number of imidazole rings is 1. The number of nitrogens with one attached hydrogen (secondary N) is 1. The van der Waals surface area contributed by atoms with E-state index in [1.54, 1.807) is 12.5 Å². The van der Waals surface area contributed by atoms with Gasteiger partial charge in [0.25, 0.3) is 0 Å². The van der Waals surface area contributed by atoms with Crippen LogP contribution in [0.2, 0.25) is 0 Å². The summed E-state index contributed by atoms with van der Waals surface area (Å²) in [6.45, 7) is 2.33. The fourth-order valence-electron chi connectivity index (χ4n) is 5.23. The molecule has 0 amide bonds. The highest BCUT2D eigenvalue weighted by Crippen LogP contribution is 2.53. The summed E-state index contributed by atoms with van der Waals surface area (Å²) in [7, 11) is 0. The summed E-state index contributed by atoms with van der Waals surface area (Å²) >= 11 is 0. The van der Waals surface area contributed by atoms with Gasteiger partial charge in [0.15, 0.2) is 5.82 Å². The van der Waals surface area contributed by atoms with Crippen molar-refractivity contribution in [1.29, 1.82) is 0 Å². The third kappa shape index (κ3) is 3.64. The highest BCUT2D eigenvalue weighted by atomic mass is 16.5. The van der Waals surface area contributed by atoms with Gasteiger partial charge < -0.3 is 15.2 Å². The molecule has 0 saturated heterocycles. The first-order valence-corrected chi connectivity index (χ1v) is 9.71. The zero-order chi connectivity index (χ0) is 17.3. The van der Waals surface area contributed by atoms with Crippen LogP contribution in [0, 0.1) is 17.3 Å². The second kappa shape index (κ2) is 6.90. The van der Waals surface area contributed by atoms with Crippen molar-refractivity contribution in [3.05, 3.63) is 29.9 Å². The monoisotopic (exact) mass is 343 g/mol. The fraction of sp³-hybridized carbons (Fsp3) is 0.737. The minimum atomic E-state index is -0.284. The van der Waals surface area contributed by atoms with Crippen molar-refractivity contribution in [1.82, 2.24) is 20.1 Å². The summed E-state index contributed by atoms with van der Waals surface area (Å²) in [6.07, 6.45) is 14.5. The molecule has 6 heteroatoms. The van der Waals surface area contributed by atoms with Gasteiger partial charge in [-0.25, -0.2) is 4.98 Å². The summed E-state index contributed by atoms with van der Waals surface area (Å²) in [5.41, 5.74) is 7.60. The van der Waals surface area contributed by atoms with Crippen LogP contribution in [0.15, 0.2) is 17.0 Å². The molecular formula is C19H29N5O. The molecule has 136 valence electrons. The van der Waals surface area contributed by atoms with E-state index in [-0.39, 0.29) is 6.04 Å². The van der Waals surface area contributed by atoms with Crippen molar-refractivity contribution in [3.63, 3.8) is 0 Å². The average molecular weight is 343 g/mol. The molecule has 0 aliphatic heterocycles. The molecule has 2 fully saturated rings. The Morgan fingerprint density at radius 2 is 2.36 bits per heavy atom. The van der Waals surface area contributed by atoms with Crippen molar-refractivity contribution in [3.8, 4) is 0 Å². The lowest BCUT2D eigenvalue weighted by Gasteiger charge is -2.48. The van der Waals surface area contributed by atoms with E-state index in [9.17, 15) is 0 Å². The number of H-pyrrole nitrogens is 1. The maximum Gasteiger partial charge on any atom is 0.243 e. The summed E-state index contributed by atoms with van der Waals surface area (Å²) < 4.78 is 5.48. The van der Waals surface area contributed by atoms with Gasteiger partial charge in [-0.1, -0.05) is 31.3 Å². The minimum Gasteiger partial charge on any atom is -0.348 e. The Bertz CT molecular complexity index is 682. The fourth-order valence-corrected chi connectivity index (χ4v) is 5.23. The first-order chi connectivity index (χ1) is 12.2. The molecular weight excluding hydrogens is 314 g/mol. The van der Waals surface area contributed by atoms with E-state index in [1.165, 1.54) is 44.9 Å². The van der Waals surface area contributed by atoms with E-state index in [0.717, 1.165) is 29.8 Å². The van der Waals surface area contributed by atoms with Crippen LogP contribution in [0.5, 0.6) is 0 Å². The minimum absolute atomic E-state index is 0.284. The van der Waals surface area contributed by atoms with E-state index in [0.29, 0.717) is 17.7 Å². The van der Waals surface area contributed by atoms with Crippen LogP contribution in [-0.2, 0) is 12.8 Å². The molecule has 25 heavy (non-hydrogen) atoms. The molecule has 2 aromatic heterocycles. The molecule has 2 heterocycles. The van der Waals surface area contributed by atoms with Crippen molar-refractivity contribution in [2.75, 3.05) is 0 Å². The highest BCUT2D eigenvalue weighted by molar-refractivity contribution is 5.04. The van der Waals surface area contributed by atoms with Gasteiger partial charge >= 0.3 is 0 Å². The maximum absolute atomic E-state index is 6.23. The van der Waals surface area contributed by atoms with Gasteiger partial charge in [0.2, 0.25) is 5.89 Å². The Hall–Kier alpha value is -1.69. The smallest absolute Gasteiger partial charge is 0.243 e. The molecule has 2 aliphatic rings. The normalized spacial score (nSPS) is 30.3. The maximum atomic E-state index is 6.23. The second-order valence-electron chi connectivity index (χ2n) is 8.29. The van der Waals surface area contributed by atoms with Crippen molar-refractivity contribution in [2.45, 2.75) is 70.8 Å². The average Bonchev–Trinajstić information content (AvgIpc) is 3.26. The van der Waals surface area contributed by atoms with E-state index in [1.807, 2.05) is 0 Å². The standard InChI is InChI=1S/C19H29N5O/c1-2-13-6-14-4-3-5-19(8-13,9-14)10-17-23-18(25-24-17)16(20)7-15-11-21-12-22-15/h11-14,16H,2-10,20H2,1H3,(H,21,22)/t13?,14?,16-,19?/m0/s1. The number of nitrogens with zero attached hydrogens (tertiary/aromatic N) is 3. The lowest BCUT2D eigenvalue weighted by Crippen LogP contribution is -2.38. The third-order valence-electron chi connectivity index (χ3n) is 6.34. The summed E-state index contributed by atoms with van der Waals surface area (Å²) in [5, 5.41) is 4.26. The highest BCUT2D eigenvalue weighted by Gasteiger charge is 2.43. The van der Waals surface area contributed by atoms with Gasteiger partial charge in [-0.2, -0.15) is 4.98 Å². The van der Waals surface area contributed by atoms with Crippen molar-refractivity contribution < 1.29 is 4.52 Å².